The Hall–Kier alpha value is -3.51. The van der Waals surface area contributed by atoms with Crippen molar-refractivity contribution in [3.8, 4) is 23.0 Å². The van der Waals surface area contributed by atoms with Gasteiger partial charge in [-0.3, -0.25) is 0 Å². The first-order valence-corrected chi connectivity index (χ1v) is 10.9. The zero-order chi connectivity index (χ0) is 22.3. The van der Waals surface area contributed by atoms with Crippen LogP contribution >= 0.6 is 0 Å². The fourth-order valence-electron chi connectivity index (χ4n) is 4.89. The van der Waals surface area contributed by atoms with Crippen molar-refractivity contribution in [2.45, 2.75) is 37.7 Å². The summed E-state index contributed by atoms with van der Waals surface area (Å²) in [6.45, 7) is 0.675. The average molecular weight is 431 g/mol. The molecule has 1 atom stereocenters. The number of rotatable bonds is 6. The van der Waals surface area contributed by atoms with Gasteiger partial charge in [-0.2, -0.15) is 0 Å². The molecule has 5 rings (SSSR count). The van der Waals surface area contributed by atoms with Crippen LogP contribution in [-0.4, -0.2) is 22.7 Å². The molecule has 0 aromatic heterocycles. The quantitative estimate of drug-likeness (QED) is 0.385. The van der Waals surface area contributed by atoms with Crippen LogP contribution in [0, 0.1) is 0 Å². The molecule has 3 aromatic carbocycles. The van der Waals surface area contributed by atoms with E-state index in [4.69, 9.17) is 15.2 Å². The Kier molecular flexibility index (Phi) is 5.02. The zero-order valence-electron chi connectivity index (χ0n) is 17.6. The Morgan fingerprint density at radius 2 is 1.62 bits per heavy atom. The highest BCUT2D eigenvalue weighted by Crippen LogP contribution is 2.58. The van der Waals surface area contributed by atoms with Gasteiger partial charge in [0, 0.05) is 23.3 Å². The van der Waals surface area contributed by atoms with Crippen molar-refractivity contribution in [2.75, 3.05) is 6.54 Å². The minimum absolute atomic E-state index is 0.0419. The first kappa shape index (κ1) is 20.4. The summed E-state index contributed by atoms with van der Waals surface area (Å²) in [5.41, 5.74) is 7.89. The van der Waals surface area contributed by atoms with E-state index < -0.39 is 11.6 Å². The Bertz CT molecular complexity index is 1200. The monoisotopic (exact) mass is 431 g/mol. The number of hydrogen-bond donors (Lipinski definition) is 3. The number of benzene rings is 3. The fraction of sp³-hybridized carbons (Fsp3) is 0.269. The number of fused-ring (bicyclic) bond motifs is 6. The fourth-order valence-corrected chi connectivity index (χ4v) is 4.89. The minimum atomic E-state index is -1.20. The molecule has 2 aliphatic heterocycles. The molecule has 2 heterocycles. The molecule has 0 amide bonds. The van der Waals surface area contributed by atoms with Gasteiger partial charge in [0.1, 0.15) is 23.0 Å². The first-order chi connectivity index (χ1) is 15.5. The lowest BCUT2D eigenvalue weighted by atomic mass is 9.75. The van der Waals surface area contributed by atoms with Crippen LogP contribution in [0.5, 0.6) is 23.0 Å². The predicted molar refractivity (Wildman–Crippen MR) is 119 cm³/mol. The lowest BCUT2D eigenvalue weighted by Crippen LogP contribution is -2.34. The normalized spacial score (nSPS) is 18.0. The molecule has 1 spiro atoms. The van der Waals surface area contributed by atoms with Crippen LogP contribution in [0.4, 0.5) is 0 Å². The Labute approximate surface area is 186 Å². The molecule has 2 aliphatic rings. The summed E-state index contributed by atoms with van der Waals surface area (Å²) < 4.78 is 12.3. The van der Waals surface area contributed by atoms with Crippen LogP contribution in [0.15, 0.2) is 54.6 Å². The van der Waals surface area contributed by atoms with Gasteiger partial charge in [0.25, 0.3) is 0 Å². The number of carbonyl (C=O) groups excluding carboxylic acids is 1. The number of nitrogens with two attached hydrogens (primary N) is 1. The highest BCUT2D eigenvalue weighted by molar-refractivity contribution is 5.97. The lowest BCUT2D eigenvalue weighted by molar-refractivity contribution is 0.0221. The van der Waals surface area contributed by atoms with E-state index in [0.717, 1.165) is 42.4 Å². The van der Waals surface area contributed by atoms with Crippen LogP contribution in [0.3, 0.4) is 0 Å². The van der Waals surface area contributed by atoms with Crippen molar-refractivity contribution >= 4 is 5.97 Å². The highest BCUT2D eigenvalue weighted by atomic mass is 16.6. The van der Waals surface area contributed by atoms with Crippen molar-refractivity contribution in [3.63, 3.8) is 0 Å². The van der Waals surface area contributed by atoms with Gasteiger partial charge in [0.15, 0.2) is 5.60 Å². The molecule has 1 unspecified atom stereocenters. The number of hydrogen-bond acceptors (Lipinski definition) is 6. The molecular formula is C26H25NO5. The molecule has 0 saturated carbocycles. The summed E-state index contributed by atoms with van der Waals surface area (Å²) in [6, 6.07) is 15.4. The van der Waals surface area contributed by atoms with E-state index in [-0.39, 0.29) is 11.5 Å². The number of esters is 1. The summed E-state index contributed by atoms with van der Waals surface area (Å²) in [5.74, 6) is 0.526. The minimum Gasteiger partial charge on any atom is -0.508 e. The van der Waals surface area contributed by atoms with E-state index in [0.29, 0.717) is 35.6 Å². The molecule has 0 saturated heterocycles. The van der Waals surface area contributed by atoms with Gasteiger partial charge >= 0.3 is 5.97 Å². The number of ether oxygens (including phenoxy) is 2. The molecule has 6 heteroatoms. The van der Waals surface area contributed by atoms with Gasteiger partial charge in [-0.25, -0.2) is 4.79 Å². The maximum absolute atomic E-state index is 13.0. The topological polar surface area (TPSA) is 102 Å². The van der Waals surface area contributed by atoms with Gasteiger partial charge < -0.3 is 25.4 Å². The molecule has 0 bridgehead atoms. The molecule has 3 aromatic rings. The van der Waals surface area contributed by atoms with Crippen molar-refractivity contribution in [1.82, 2.24) is 0 Å². The second kappa shape index (κ2) is 7.88. The van der Waals surface area contributed by atoms with E-state index in [1.54, 1.807) is 24.3 Å². The Balaban J connectivity index is 1.71. The average Bonchev–Trinajstić information content (AvgIpc) is 3.06. The standard InChI is InChI=1S/C26H25NO5/c27-12-6-2-1-3-7-16-13-18(29)15-23-24(16)26(21-11-10-17(28)14-22(21)31-23)20-9-5-4-8-19(20)25(30)32-26/h4-5,8-11,13-15,28-29H,1-3,6-7,12,27H2. The van der Waals surface area contributed by atoms with Gasteiger partial charge in [-0.15, -0.1) is 0 Å². The van der Waals surface area contributed by atoms with E-state index in [1.165, 1.54) is 12.1 Å². The summed E-state index contributed by atoms with van der Waals surface area (Å²) in [6.07, 6.45) is 4.63. The van der Waals surface area contributed by atoms with Crippen molar-refractivity contribution in [2.24, 2.45) is 5.73 Å². The molecule has 164 valence electrons. The largest absolute Gasteiger partial charge is 0.508 e. The van der Waals surface area contributed by atoms with E-state index in [1.807, 2.05) is 18.2 Å². The Morgan fingerprint density at radius 1 is 0.844 bits per heavy atom. The van der Waals surface area contributed by atoms with Crippen LogP contribution in [0.1, 0.15) is 58.3 Å². The van der Waals surface area contributed by atoms with Crippen LogP contribution < -0.4 is 10.5 Å². The number of carbonyl (C=O) groups is 1. The summed E-state index contributed by atoms with van der Waals surface area (Å²) >= 11 is 0. The second-order valence-corrected chi connectivity index (χ2v) is 8.33. The molecule has 0 fully saturated rings. The first-order valence-electron chi connectivity index (χ1n) is 10.9. The van der Waals surface area contributed by atoms with Crippen LogP contribution in [0.2, 0.25) is 0 Å². The molecule has 6 nitrogen and oxygen atoms in total. The third-order valence-corrected chi connectivity index (χ3v) is 6.26. The molecule has 0 aliphatic carbocycles. The van der Waals surface area contributed by atoms with Gasteiger partial charge in [0.2, 0.25) is 0 Å². The number of phenolic OH excluding ortho intramolecular Hbond substituents is 2. The maximum Gasteiger partial charge on any atom is 0.340 e. The molecule has 32 heavy (non-hydrogen) atoms. The SMILES string of the molecule is NCCCCCCc1cc(O)cc2c1C1(OC(=O)c3ccccc31)c1ccc(O)cc1O2. The van der Waals surface area contributed by atoms with Crippen LogP contribution in [-0.2, 0) is 16.8 Å². The second-order valence-electron chi connectivity index (χ2n) is 8.33. The van der Waals surface area contributed by atoms with Crippen LogP contribution in [0.25, 0.3) is 0 Å². The number of unbranched alkanes of at least 4 members (excludes halogenated alkanes) is 3. The molecule has 4 N–H and O–H groups in total. The van der Waals surface area contributed by atoms with Gasteiger partial charge in [-0.05, 0) is 55.6 Å². The van der Waals surface area contributed by atoms with Crippen molar-refractivity contribution in [3.05, 3.63) is 82.4 Å². The number of aromatic hydroxyl groups is 2. The Morgan fingerprint density at radius 3 is 2.47 bits per heavy atom. The predicted octanol–water partition coefficient (Wildman–Crippen LogP) is 4.73. The molecular weight excluding hydrogens is 406 g/mol. The van der Waals surface area contributed by atoms with Gasteiger partial charge in [-0.1, -0.05) is 31.0 Å². The van der Waals surface area contributed by atoms with E-state index in [9.17, 15) is 15.0 Å². The smallest absolute Gasteiger partial charge is 0.340 e. The third-order valence-electron chi connectivity index (χ3n) is 6.26. The van der Waals surface area contributed by atoms with Crippen molar-refractivity contribution < 1.29 is 24.5 Å². The number of aryl methyl sites for hydroxylation is 1. The third kappa shape index (κ3) is 3.10. The highest BCUT2D eigenvalue weighted by Gasteiger charge is 2.54. The van der Waals surface area contributed by atoms with Gasteiger partial charge in [0.05, 0.1) is 11.1 Å². The molecule has 0 radical (unpaired) electrons. The number of phenols is 2. The lowest BCUT2D eigenvalue weighted by Gasteiger charge is -2.38. The zero-order valence-corrected chi connectivity index (χ0v) is 17.6. The summed E-state index contributed by atoms with van der Waals surface area (Å²) in [5, 5.41) is 20.5. The van der Waals surface area contributed by atoms with E-state index in [2.05, 4.69) is 0 Å². The summed E-state index contributed by atoms with van der Waals surface area (Å²) in [4.78, 5) is 13.0. The van der Waals surface area contributed by atoms with Crippen molar-refractivity contribution in [1.29, 1.82) is 0 Å². The van der Waals surface area contributed by atoms with E-state index >= 15 is 0 Å². The summed E-state index contributed by atoms with van der Waals surface area (Å²) in [7, 11) is 0. The maximum atomic E-state index is 13.0.